The van der Waals surface area contributed by atoms with Gasteiger partial charge in [-0.05, 0) is 35.9 Å². The summed E-state index contributed by atoms with van der Waals surface area (Å²) >= 11 is 0. The van der Waals surface area contributed by atoms with Crippen molar-refractivity contribution in [2.24, 2.45) is 0 Å². The van der Waals surface area contributed by atoms with Crippen molar-refractivity contribution in [1.29, 1.82) is 0 Å². The van der Waals surface area contributed by atoms with E-state index in [2.05, 4.69) is 0 Å². The highest BCUT2D eigenvalue weighted by Crippen LogP contribution is 2.34. The molecule has 0 aromatic heterocycles. The van der Waals surface area contributed by atoms with E-state index in [4.69, 9.17) is 5.73 Å². The van der Waals surface area contributed by atoms with Crippen molar-refractivity contribution >= 4 is 11.4 Å². The first-order chi connectivity index (χ1) is 9.77. The molecule has 0 bridgehead atoms. The molecule has 0 aliphatic heterocycles. The van der Waals surface area contributed by atoms with E-state index in [1.807, 2.05) is 0 Å². The maximum atomic E-state index is 13.1. The van der Waals surface area contributed by atoms with Crippen LogP contribution in [0.5, 0.6) is 0 Å². The fraction of sp³-hybridized carbons (Fsp3) is 0.200. The predicted molar refractivity (Wildman–Crippen MR) is 74.4 cm³/mol. The Balaban J connectivity index is 2.22. The van der Waals surface area contributed by atoms with Gasteiger partial charge in [0.1, 0.15) is 5.82 Å². The van der Waals surface area contributed by atoms with E-state index in [9.17, 15) is 17.6 Å². The van der Waals surface area contributed by atoms with E-state index in [0.29, 0.717) is 17.8 Å². The summed E-state index contributed by atoms with van der Waals surface area (Å²) < 4.78 is 50.9. The van der Waals surface area contributed by atoms with Gasteiger partial charge in [0.15, 0.2) is 0 Å². The van der Waals surface area contributed by atoms with Gasteiger partial charge in [0.05, 0.1) is 16.9 Å². The Kier molecular flexibility index (Phi) is 4.06. The van der Waals surface area contributed by atoms with Crippen molar-refractivity contribution in [3.63, 3.8) is 0 Å². The number of alkyl halides is 3. The van der Waals surface area contributed by atoms with Crippen LogP contribution in [0.2, 0.25) is 0 Å². The molecular formula is C15H14F4N2. The average molecular weight is 298 g/mol. The molecule has 2 N–H and O–H groups in total. The van der Waals surface area contributed by atoms with Crippen LogP contribution < -0.4 is 10.6 Å². The van der Waals surface area contributed by atoms with E-state index in [0.717, 1.165) is 12.1 Å². The zero-order valence-electron chi connectivity index (χ0n) is 11.3. The fourth-order valence-electron chi connectivity index (χ4n) is 2.07. The van der Waals surface area contributed by atoms with Gasteiger partial charge in [-0.2, -0.15) is 13.2 Å². The monoisotopic (exact) mass is 298 g/mol. The largest absolute Gasteiger partial charge is 0.416 e. The van der Waals surface area contributed by atoms with Crippen LogP contribution in [0.25, 0.3) is 0 Å². The minimum atomic E-state index is -4.42. The molecule has 0 fully saturated rings. The highest BCUT2D eigenvalue weighted by Gasteiger charge is 2.31. The summed E-state index contributed by atoms with van der Waals surface area (Å²) in [5.41, 5.74) is 6.10. The van der Waals surface area contributed by atoms with Crippen molar-refractivity contribution < 1.29 is 17.6 Å². The highest BCUT2D eigenvalue weighted by molar-refractivity contribution is 5.68. The van der Waals surface area contributed by atoms with E-state index >= 15 is 0 Å². The standard InChI is InChI=1S/C15H14F4N2/c1-21(9-10-3-2-4-12(16)7-10)14-6-5-11(8-13(14)20)15(17,18)19/h2-8H,9,20H2,1H3. The van der Waals surface area contributed by atoms with Crippen LogP contribution in [0.4, 0.5) is 28.9 Å². The molecule has 0 atom stereocenters. The lowest BCUT2D eigenvalue weighted by atomic mass is 10.1. The topological polar surface area (TPSA) is 29.3 Å². The first-order valence-corrected chi connectivity index (χ1v) is 6.19. The fourth-order valence-corrected chi connectivity index (χ4v) is 2.07. The van der Waals surface area contributed by atoms with Crippen LogP contribution in [0.1, 0.15) is 11.1 Å². The summed E-state index contributed by atoms with van der Waals surface area (Å²) in [5.74, 6) is -0.360. The number of rotatable bonds is 3. The van der Waals surface area contributed by atoms with Crippen LogP contribution in [-0.4, -0.2) is 7.05 Å². The minimum Gasteiger partial charge on any atom is -0.397 e. The van der Waals surface area contributed by atoms with Gasteiger partial charge < -0.3 is 10.6 Å². The van der Waals surface area contributed by atoms with Crippen molar-refractivity contribution in [2.75, 3.05) is 17.7 Å². The number of hydrogen-bond acceptors (Lipinski definition) is 2. The molecule has 2 aromatic carbocycles. The third-order valence-corrected chi connectivity index (χ3v) is 3.07. The van der Waals surface area contributed by atoms with Crippen LogP contribution >= 0.6 is 0 Å². The maximum Gasteiger partial charge on any atom is 0.416 e. The first kappa shape index (κ1) is 15.2. The second-order valence-electron chi connectivity index (χ2n) is 4.76. The van der Waals surface area contributed by atoms with Crippen LogP contribution in [0.3, 0.4) is 0 Å². The lowest BCUT2D eigenvalue weighted by Crippen LogP contribution is -2.18. The average Bonchev–Trinajstić information content (AvgIpc) is 2.37. The summed E-state index contributed by atoms with van der Waals surface area (Å²) in [7, 11) is 1.68. The third-order valence-electron chi connectivity index (χ3n) is 3.07. The van der Waals surface area contributed by atoms with Gasteiger partial charge in [-0.1, -0.05) is 12.1 Å². The highest BCUT2D eigenvalue weighted by atomic mass is 19.4. The summed E-state index contributed by atoms with van der Waals surface area (Å²) in [6.07, 6.45) is -4.42. The number of hydrogen-bond donors (Lipinski definition) is 1. The predicted octanol–water partition coefficient (Wildman–Crippen LogP) is 4.06. The lowest BCUT2D eigenvalue weighted by Gasteiger charge is -2.22. The Morgan fingerprint density at radius 3 is 2.38 bits per heavy atom. The second kappa shape index (κ2) is 5.63. The Morgan fingerprint density at radius 2 is 1.81 bits per heavy atom. The molecule has 0 aliphatic rings. The Morgan fingerprint density at radius 1 is 1.10 bits per heavy atom. The van der Waals surface area contributed by atoms with Crippen molar-refractivity contribution in [3.05, 3.63) is 59.4 Å². The van der Waals surface area contributed by atoms with Crippen molar-refractivity contribution in [1.82, 2.24) is 0 Å². The van der Waals surface area contributed by atoms with E-state index in [1.54, 1.807) is 24.1 Å². The summed E-state index contributed by atoms with van der Waals surface area (Å²) in [5, 5.41) is 0. The van der Waals surface area contributed by atoms with E-state index < -0.39 is 11.7 Å². The quantitative estimate of drug-likeness (QED) is 0.684. The van der Waals surface area contributed by atoms with Crippen molar-refractivity contribution in [2.45, 2.75) is 12.7 Å². The molecule has 0 spiro atoms. The molecule has 0 radical (unpaired) electrons. The lowest BCUT2D eigenvalue weighted by molar-refractivity contribution is -0.137. The van der Waals surface area contributed by atoms with Gasteiger partial charge in [0.2, 0.25) is 0 Å². The molecule has 0 aliphatic carbocycles. The number of halogens is 4. The molecule has 6 heteroatoms. The molecule has 0 saturated carbocycles. The van der Waals surface area contributed by atoms with Gasteiger partial charge in [0, 0.05) is 13.6 Å². The molecule has 0 unspecified atom stereocenters. The van der Waals surface area contributed by atoms with E-state index in [-0.39, 0.29) is 11.5 Å². The van der Waals surface area contributed by atoms with Crippen LogP contribution in [0, 0.1) is 5.82 Å². The number of nitrogens with zero attached hydrogens (tertiary/aromatic N) is 1. The maximum absolute atomic E-state index is 13.1. The SMILES string of the molecule is CN(Cc1cccc(F)c1)c1ccc(C(F)(F)F)cc1N. The smallest absolute Gasteiger partial charge is 0.397 e. The van der Waals surface area contributed by atoms with Crippen LogP contribution in [-0.2, 0) is 12.7 Å². The molecule has 0 amide bonds. The first-order valence-electron chi connectivity index (χ1n) is 6.19. The molecule has 21 heavy (non-hydrogen) atoms. The Labute approximate surface area is 119 Å². The molecule has 2 aromatic rings. The molecular weight excluding hydrogens is 284 g/mol. The normalized spacial score (nSPS) is 11.5. The minimum absolute atomic E-state index is 0.0312. The van der Waals surface area contributed by atoms with Gasteiger partial charge >= 0.3 is 6.18 Å². The second-order valence-corrected chi connectivity index (χ2v) is 4.76. The van der Waals surface area contributed by atoms with Gasteiger partial charge in [-0.3, -0.25) is 0 Å². The molecule has 2 nitrogen and oxygen atoms in total. The Bertz CT molecular complexity index is 638. The Hall–Kier alpha value is -2.24. The van der Waals surface area contributed by atoms with Gasteiger partial charge in [0.25, 0.3) is 0 Å². The van der Waals surface area contributed by atoms with Crippen LogP contribution in [0.15, 0.2) is 42.5 Å². The molecule has 112 valence electrons. The molecule has 0 saturated heterocycles. The summed E-state index contributed by atoms with van der Waals surface area (Å²) in [4.78, 5) is 1.67. The number of nitrogens with two attached hydrogens (primary N) is 1. The van der Waals surface area contributed by atoms with Gasteiger partial charge in [-0.25, -0.2) is 4.39 Å². The summed E-state index contributed by atoms with van der Waals surface area (Å²) in [6, 6.07) is 9.21. The number of anilines is 2. The number of nitrogen functional groups attached to an aromatic ring is 1. The molecule has 0 heterocycles. The van der Waals surface area contributed by atoms with E-state index in [1.165, 1.54) is 18.2 Å². The molecule has 2 rings (SSSR count). The summed E-state index contributed by atoms with van der Waals surface area (Å²) in [6.45, 7) is 0.341. The zero-order chi connectivity index (χ0) is 15.6. The van der Waals surface area contributed by atoms with Gasteiger partial charge in [-0.15, -0.1) is 0 Å². The third kappa shape index (κ3) is 3.65. The van der Waals surface area contributed by atoms with Crippen molar-refractivity contribution in [3.8, 4) is 0 Å². The zero-order valence-corrected chi connectivity index (χ0v) is 11.3. The number of benzene rings is 2.